The largest absolute Gasteiger partial charge is 0.495 e. The molecule has 25 heavy (non-hydrogen) atoms. The third-order valence-electron chi connectivity index (χ3n) is 4.55. The van der Waals surface area contributed by atoms with Crippen molar-refractivity contribution in [1.29, 1.82) is 0 Å². The van der Waals surface area contributed by atoms with Crippen LogP contribution in [0.5, 0.6) is 5.75 Å². The van der Waals surface area contributed by atoms with E-state index < -0.39 is 0 Å². The quantitative estimate of drug-likeness (QED) is 0.782. The van der Waals surface area contributed by atoms with Gasteiger partial charge < -0.3 is 19.7 Å². The van der Waals surface area contributed by atoms with Gasteiger partial charge in [0.05, 0.1) is 32.4 Å². The number of benzene rings is 1. The molecule has 0 bridgehead atoms. The van der Waals surface area contributed by atoms with E-state index in [4.69, 9.17) is 21.1 Å². The molecule has 1 aliphatic heterocycles. The summed E-state index contributed by atoms with van der Waals surface area (Å²) >= 11 is 6.01. The predicted molar refractivity (Wildman–Crippen MR) is 97.0 cm³/mol. The number of hydrogen-bond donors (Lipinski definition) is 1. The highest BCUT2D eigenvalue weighted by molar-refractivity contribution is 6.30. The zero-order valence-electron chi connectivity index (χ0n) is 15.0. The Morgan fingerprint density at radius 3 is 2.68 bits per heavy atom. The second kappa shape index (κ2) is 8.43. The summed E-state index contributed by atoms with van der Waals surface area (Å²) in [6.45, 7) is 4.68. The van der Waals surface area contributed by atoms with Crippen LogP contribution in [0.15, 0.2) is 18.2 Å². The zero-order chi connectivity index (χ0) is 18.6. The first kappa shape index (κ1) is 19.4. The van der Waals surface area contributed by atoms with Crippen molar-refractivity contribution in [3.8, 4) is 5.75 Å². The van der Waals surface area contributed by atoms with Gasteiger partial charge in [0.2, 0.25) is 5.91 Å². The third kappa shape index (κ3) is 4.37. The number of methoxy groups -OCH3 is 2. The number of halogens is 1. The lowest BCUT2D eigenvalue weighted by molar-refractivity contribution is -0.147. The molecule has 0 aliphatic carbocycles. The van der Waals surface area contributed by atoms with Crippen LogP contribution in [0.4, 0.5) is 5.69 Å². The van der Waals surface area contributed by atoms with Gasteiger partial charge in [-0.2, -0.15) is 0 Å². The number of hydrogen-bond acceptors (Lipinski definition) is 5. The van der Waals surface area contributed by atoms with Gasteiger partial charge in [0.1, 0.15) is 5.75 Å². The van der Waals surface area contributed by atoms with E-state index in [1.165, 1.54) is 7.11 Å². The van der Waals surface area contributed by atoms with E-state index in [1.54, 1.807) is 30.2 Å². The average molecular weight is 369 g/mol. The first-order valence-corrected chi connectivity index (χ1v) is 8.71. The molecule has 138 valence electrons. The molecule has 1 aromatic rings. The van der Waals surface area contributed by atoms with Gasteiger partial charge in [0.15, 0.2) is 0 Å². The fourth-order valence-corrected chi connectivity index (χ4v) is 3.60. The summed E-state index contributed by atoms with van der Waals surface area (Å²) in [5.41, 5.74) is 0.660. The summed E-state index contributed by atoms with van der Waals surface area (Å²) in [4.78, 5) is 26.5. The van der Waals surface area contributed by atoms with Crippen molar-refractivity contribution >= 4 is 29.2 Å². The van der Waals surface area contributed by atoms with Crippen LogP contribution in [-0.2, 0) is 14.3 Å². The van der Waals surface area contributed by atoms with E-state index >= 15 is 0 Å². The maximum Gasteiger partial charge on any atom is 0.310 e. The zero-order valence-corrected chi connectivity index (χ0v) is 15.8. The number of carbonyl (C=O) groups is 2. The molecule has 1 aliphatic rings. The number of nitrogens with one attached hydrogen (secondary N) is 1. The summed E-state index contributed by atoms with van der Waals surface area (Å²) in [6.07, 6.45) is 0.627. The molecule has 0 saturated carbocycles. The second-order valence-electron chi connectivity index (χ2n) is 6.44. The molecule has 7 heteroatoms. The Morgan fingerprint density at radius 1 is 1.36 bits per heavy atom. The average Bonchev–Trinajstić information content (AvgIpc) is 3.04. The number of carbonyl (C=O) groups excluding carboxylic acids is 2. The molecule has 6 nitrogen and oxygen atoms in total. The Kier molecular flexibility index (Phi) is 6.53. The van der Waals surface area contributed by atoms with Crippen LogP contribution in [0.2, 0.25) is 5.02 Å². The molecule has 2 rings (SSSR count). The summed E-state index contributed by atoms with van der Waals surface area (Å²) in [6, 6.07) is 5.04. The number of ether oxygens (including phenoxy) is 2. The van der Waals surface area contributed by atoms with Gasteiger partial charge in [-0.3, -0.25) is 9.59 Å². The molecule has 1 fully saturated rings. The number of amides is 1. The summed E-state index contributed by atoms with van der Waals surface area (Å²) in [5.74, 6) is 0.197. The Balaban J connectivity index is 2.07. The maximum absolute atomic E-state index is 12.7. The molecule has 1 N–H and O–H groups in total. The van der Waals surface area contributed by atoms with Crippen molar-refractivity contribution in [2.75, 3.05) is 32.6 Å². The van der Waals surface area contributed by atoms with Gasteiger partial charge in [-0.25, -0.2) is 0 Å². The first-order chi connectivity index (χ1) is 11.9. The molecular formula is C18H25ClN2O4. The minimum Gasteiger partial charge on any atom is -0.495 e. The van der Waals surface area contributed by atoms with Crippen LogP contribution in [0, 0.1) is 11.8 Å². The first-order valence-electron chi connectivity index (χ1n) is 8.33. The minimum absolute atomic E-state index is 0.0628. The van der Waals surface area contributed by atoms with Crippen molar-refractivity contribution in [3.63, 3.8) is 0 Å². The van der Waals surface area contributed by atoms with E-state index in [9.17, 15) is 9.59 Å². The summed E-state index contributed by atoms with van der Waals surface area (Å²) < 4.78 is 10.2. The Morgan fingerprint density at radius 2 is 2.08 bits per heavy atom. The van der Waals surface area contributed by atoms with Gasteiger partial charge in [0, 0.05) is 17.6 Å². The molecule has 0 spiro atoms. The normalized spacial score (nSPS) is 19.8. The molecule has 1 saturated heterocycles. The van der Waals surface area contributed by atoms with Crippen LogP contribution in [0.1, 0.15) is 20.3 Å². The van der Waals surface area contributed by atoms with E-state index in [1.807, 2.05) is 13.8 Å². The summed E-state index contributed by atoms with van der Waals surface area (Å²) in [7, 11) is 2.95. The van der Waals surface area contributed by atoms with E-state index in [0.717, 1.165) is 0 Å². The Hall–Kier alpha value is -1.95. The van der Waals surface area contributed by atoms with E-state index in [-0.39, 0.29) is 36.3 Å². The molecule has 1 heterocycles. The Bertz CT molecular complexity index is 636. The lowest BCUT2D eigenvalue weighted by atomic mass is 9.91. The highest BCUT2D eigenvalue weighted by Gasteiger charge is 2.42. The molecule has 2 atom stereocenters. The van der Waals surface area contributed by atoms with Crippen LogP contribution < -0.4 is 10.1 Å². The number of likely N-dealkylation sites (tertiary alicyclic amines) is 1. The van der Waals surface area contributed by atoms with E-state index in [2.05, 4.69) is 5.32 Å². The molecular weight excluding hydrogens is 344 g/mol. The van der Waals surface area contributed by atoms with Gasteiger partial charge in [-0.15, -0.1) is 0 Å². The SMILES string of the molecule is COC(=O)[C@H]1CCN(C(=O)CNc2cc(Cl)ccc2OC)[C@H]1C(C)C. The predicted octanol–water partition coefficient (Wildman–Crippen LogP) is 2.81. The lowest BCUT2D eigenvalue weighted by Gasteiger charge is -2.30. The number of esters is 1. The van der Waals surface area contributed by atoms with Gasteiger partial charge >= 0.3 is 5.97 Å². The van der Waals surface area contributed by atoms with Crippen molar-refractivity contribution < 1.29 is 19.1 Å². The standard InChI is InChI=1S/C18H25ClN2O4/c1-11(2)17-13(18(23)25-4)7-8-21(17)16(22)10-20-14-9-12(19)5-6-15(14)24-3/h5-6,9,11,13,17,20H,7-8,10H2,1-4H3/t13-,17-/m0/s1. The minimum atomic E-state index is -0.269. The number of anilines is 1. The fourth-order valence-electron chi connectivity index (χ4n) is 3.43. The highest BCUT2D eigenvalue weighted by Crippen LogP contribution is 2.31. The fraction of sp³-hybridized carbons (Fsp3) is 0.556. The van der Waals surface area contributed by atoms with Crippen LogP contribution in [-0.4, -0.2) is 50.1 Å². The Labute approximate surface area is 153 Å². The molecule has 0 unspecified atom stereocenters. The lowest BCUT2D eigenvalue weighted by Crippen LogP contribution is -2.45. The van der Waals surface area contributed by atoms with Gasteiger partial charge in [-0.05, 0) is 30.5 Å². The van der Waals surface area contributed by atoms with Crippen LogP contribution in [0.25, 0.3) is 0 Å². The third-order valence-corrected chi connectivity index (χ3v) is 4.79. The van der Waals surface area contributed by atoms with E-state index in [0.29, 0.717) is 29.4 Å². The highest BCUT2D eigenvalue weighted by atomic mass is 35.5. The van der Waals surface area contributed by atoms with Crippen LogP contribution in [0.3, 0.4) is 0 Å². The van der Waals surface area contributed by atoms with Crippen molar-refractivity contribution in [1.82, 2.24) is 4.90 Å². The van der Waals surface area contributed by atoms with Crippen LogP contribution >= 0.6 is 11.6 Å². The van der Waals surface area contributed by atoms with Crippen molar-refractivity contribution in [2.45, 2.75) is 26.3 Å². The topological polar surface area (TPSA) is 67.9 Å². The maximum atomic E-state index is 12.7. The molecule has 1 amide bonds. The van der Waals surface area contributed by atoms with Gasteiger partial charge in [0.25, 0.3) is 0 Å². The van der Waals surface area contributed by atoms with Crippen molar-refractivity contribution in [3.05, 3.63) is 23.2 Å². The molecule has 1 aromatic carbocycles. The molecule has 0 radical (unpaired) electrons. The summed E-state index contributed by atoms with van der Waals surface area (Å²) in [5, 5.41) is 3.64. The van der Waals surface area contributed by atoms with Gasteiger partial charge in [-0.1, -0.05) is 25.4 Å². The number of rotatable bonds is 6. The van der Waals surface area contributed by atoms with Crippen molar-refractivity contribution in [2.24, 2.45) is 11.8 Å². The molecule has 0 aromatic heterocycles. The monoisotopic (exact) mass is 368 g/mol. The second-order valence-corrected chi connectivity index (χ2v) is 6.87. The smallest absolute Gasteiger partial charge is 0.310 e. The number of nitrogens with zero attached hydrogens (tertiary/aromatic N) is 1.